The third-order valence-electron chi connectivity index (χ3n) is 4.17. The van der Waals surface area contributed by atoms with Crippen LogP contribution in [0.25, 0.3) is 11.1 Å². The predicted molar refractivity (Wildman–Crippen MR) is 86.4 cm³/mol. The number of fused-ring (bicyclic) bond motifs is 1. The van der Waals surface area contributed by atoms with E-state index < -0.39 is 5.76 Å². The maximum atomic E-state index is 11.4. The second-order valence-corrected chi connectivity index (χ2v) is 5.64. The molecule has 3 heterocycles. The Morgan fingerprint density at radius 2 is 2.04 bits per heavy atom. The number of oxazole rings is 1. The van der Waals surface area contributed by atoms with E-state index in [-0.39, 0.29) is 0 Å². The van der Waals surface area contributed by atoms with Crippen LogP contribution in [0.1, 0.15) is 5.56 Å². The van der Waals surface area contributed by atoms with E-state index in [1.165, 1.54) is 0 Å². The SMILES string of the molecule is O=c1[nH]c2cccc(CN3CCN(c4cnccn4)CC3)c2o1. The van der Waals surface area contributed by atoms with Gasteiger partial charge in [-0.3, -0.25) is 14.9 Å². The summed E-state index contributed by atoms with van der Waals surface area (Å²) in [4.78, 5) is 27.1. The van der Waals surface area contributed by atoms with Crippen molar-refractivity contribution in [2.24, 2.45) is 0 Å². The fourth-order valence-electron chi connectivity index (χ4n) is 2.99. The predicted octanol–water partition coefficient (Wildman–Crippen LogP) is 1.23. The van der Waals surface area contributed by atoms with Gasteiger partial charge in [0.25, 0.3) is 0 Å². The van der Waals surface area contributed by atoms with Gasteiger partial charge in [0.1, 0.15) is 5.82 Å². The lowest BCUT2D eigenvalue weighted by Crippen LogP contribution is -2.46. The zero-order valence-electron chi connectivity index (χ0n) is 12.6. The summed E-state index contributed by atoms with van der Waals surface area (Å²) in [6.07, 6.45) is 5.20. The van der Waals surface area contributed by atoms with E-state index in [0.717, 1.165) is 49.6 Å². The van der Waals surface area contributed by atoms with E-state index in [0.29, 0.717) is 5.58 Å². The molecule has 0 atom stereocenters. The van der Waals surface area contributed by atoms with Gasteiger partial charge in [-0.15, -0.1) is 0 Å². The van der Waals surface area contributed by atoms with Crippen LogP contribution < -0.4 is 10.7 Å². The third-order valence-corrected chi connectivity index (χ3v) is 4.17. The summed E-state index contributed by atoms with van der Waals surface area (Å²) in [6, 6.07) is 5.81. The first-order chi connectivity index (χ1) is 11.3. The first kappa shape index (κ1) is 14.0. The molecule has 1 aliphatic heterocycles. The topological polar surface area (TPSA) is 78.3 Å². The molecule has 4 rings (SSSR count). The molecule has 3 aromatic rings. The minimum atomic E-state index is -0.403. The van der Waals surface area contributed by atoms with Crippen LogP contribution in [0.4, 0.5) is 5.82 Å². The van der Waals surface area contributed by atoms with Gasteiger partial charge in [0.15, 0.2) is 5.58 Å². The molecule has 118 valence electrons. The Morgan fingerprint density at radius 1 is 1.17 bits per heavy atom. The molecule has 2 aromatic heterocycles. The minimum Gasteiger partial charge on any atom is -0.408 e. The van der Waals surface area contributed by atoms with E-state index in [1.54, 1.807) is 18.6 Å². The van der Waals surface area contributed by atoms with Crippen LogP contribution in [-0.2, 0) is 6.54 Å². The number of piperazine rings is 1. The average molecular weight is 311 g/mol. The summed E-state index contributed by atoms with van der Waals surface area (Å²) >= 11 is 0. The van der Waals surface area contributed by atoms with Crippen LogP contribution in [0, 0.1) is 0 Å². The molecule has 0 unspecified atom stereocenters. The van der Waals surface area contributed by atoms with Gasteiger partial charge in [-0.2, -0.15) is 0 Å². The van der Waals surface area contributed by atoms with Crippen LogP contribution in [0.5, 0.6) is 0 Å². The molecular formula is C16H17N5O2. The van der Waals surface area contributed by atoms with E-state index >= 15 is 0 Å². The molecule has 1 aliphatic rings. The summed E-state index contributed by atoms with van der Waals surface area (Å²) < 4.78 is 5.26. The van der Waals surface area contributed by atoms with Crippen molar-refractivity contribution < 1.29 is 4.42 Å². The molecule has 7 nitrogen and oxygen atoms in total. The highest BCUT2D eigenvalue weighted by atomic mass is 16.4. The van der Waals surface area contributed by atoms with Crippen LogP contribution in [0.15, 0.2) is 46.0 Å². The summed E-state index contributed by atoms with van der Waals surface area (Å²) in [7, 11) is 0. The maximum Gasteiger partial charge on any atom is 0.417 e. The molecule has 0 radical (unpaired) electrons. The molecular weight excluding hydrogens is 294 g/mol. The van der Waals surface area contributed by atoms with Crippen molar-refractivity contribution in [1.29, 1.82) is 0 Å². The van der Waals surface area contributed by atoms with Gasteiger partial charge in [0.2, 0.25) is 0 Å². The minimum absolute atomic E-state index is 0.403. The molecule has 23 heavy (non-hydrogen) atoms. The number of rotatable bonds is 3. The van der Waals surface area contributed by atoms with Gasteiger partial charge in [0, 0.05) is 50.7 Å². The number of hydrogen-bond donors (Lipinski definition) is 1. The molecule has 1 N–H and O–H groups in total. The Hall–Kier alpha value is -2.67. The van der Waals surface area contributed by atoms with Crippen LogP contribution in [-0.4, -0.2) is 46.0 Å². The fraction of sp³-hybridized carbons (Fsp3) is 0.312. The maximum absolute atomic E-state index is 11.4. The number of aromatic nitrogens is 3. The lowest BCUT2D eigenvalue weighted by molar-refractivity contribution is 0.249. The number of benzene rings is 1. The Labute approximate surface area is 132 Å². The Balaban J connectivity index is 1.46. The molecule has 0 amide bonds. The number of aromatic amines is 1. The Kier molecular flexibility index (Phi) is 3.55. The van der Waals surface area contributed by atoms with Crippen molar-refractivity contribution in [2.75, 3.05) is 31.1 Å². The van der Waals surface area contributed by atoms with E-state index in [1.807, 2.05) is 18.2 Å². The molecule has 1 saturated heterocycles. The van der Waals surface area contributed by atoms with Gasteiger partial charge in [-0.05, 0) is 6.07 Å². The van der Waals surface area contributed by atoms with Crippen molar-refractivity contribution >= 4 is 16.9 Å². The van der Waals surface area contributed by atoms with E-state index in [9.17, 15) is 4.79 Å². The first-order valence-electron chi connectivity index (χ1n) is 7.63. The molecule has 0 aliphatic carbocycles. The third kappa shape index (κ3) is 2.83. The van der Waals surface area contributed by atoms with Gasteiger partial charge < -0.3 is 9.32 Å². The van der Waals surface area contributed by atoms with Gasteiger partial charge in [-0.25, -0.2) is 9.78 Å². The van der Waals surface area contributed by atoms with Gasteiger partial charge >= 0.3 is 5.76 Å². The normalized spacial score (nSPS) is 16.1. The molecule has 0 bridgehead atoms. The number of para-hydroxylation sites is 1. The highest BCUT2D eigenvalue weighted by Crippen LogP contribution is 2.19. The highest BCUT2D eigenvalue weighted by molar-refractivity contribution is 5.75. The lowest BCUT2D eigenvalue weighted by atomic mass is 10.1. The molecule has 0 spiro atoms. The standard InChI is InChI=1S/C16H17N5O2/c22-16-19-13-3-1-2-12(15(13)23-16)11-20-6-8-21(9-7-20)14-10-17-4-5-18-14/h1-5,10H,6-9,11H2,(H,19,22). The number of H-pyrrole nitrogens is 1. The Bertz CT molecular complexity index is 850. The zero-order valence-corrected chi connectivity index (χ0v) is 12.6. The van der Waals surface area contributed by atoms with Crippen LogP contribution in [0.3, 0.4) is 0 Å². The fourth-order valence-corrected chi connectivity index (χ4v) is 2.99. The zero-order chi connectivity index (χ0) is 15.6. The summed E-state index contributed by atoms with van der Waals surface area (Å²) in [5, 5.41) is 0. The number of hydrogen-bond acceptors (Lipinski definition) is 6. The van der Waals surface area contributed by atoms with Crippen molar-refractivity contribution in [3.8, 4) is 0 Å². The summed E-state index contributed by atoms with van der Waals surface area (Å²) in [6.45, 7) is 4.45. The van der Waals surface area contributed by atoms with E-state index in [2.05, 4.69) is 24.8 Å². The lowest BCUT2D eigenvalue weighted by Gasteiger charge is -2.35. The molecule has 0 saturated carbocycles. The average Bonchev–Trinajstić information content (AvgIpc) is 2.98. The number of nitrogens with one attached hydrogen (secondary N) is 1. The summed E-state index contributed by atoms with van der Waals surface area (Å²) in [5.74, 6) is 0.519. The highest BCUT2D eigenvalue weighted by Gasteiger charge is 2.19. The second-order valence-electron chi connectivity index (χ2n) is 5.64. The quantitative estimate of drug-likeness (QED) is 0.784. The molecule has 1 fully saturated rings. The largest absolute Gasteiger partial charge is 0.417 e. The van der Waals surface area contributed by atoms with E-state index in [4.69, 9.17) is 4.42 Å². The van der Waals surface area contributed by atoms with Crippen molar-refractivity contribution in [3.63, 3.8) is 0 Å². The van der Waals surface area contributed by atoms with Gasteiger partial charge in [-0.1, -0.05) is 12.1 Å². The summed E-state index contributed by atoms with van der Waals surface area (Å²) in [5.41, 5.74) is 2.45. The van der Waals surface area contributed by atoms with Gasteiger partial charge in [0.05, 0.1) is 11.7 Å². The monoisotopic (exact) mass is 311 g/mol. The number of anilines is 1. The smallest absolute Gasteiger partial charge is 0.408 e. The molecule has 7 heteroatoms. The van der Waals surface area contributed by atoms with Crippen molar-refractivity contribution in [3.05, 3.63) is 52.9 Å². The Morgan fingerprint density at radius 3 is 2.83 bits per heavy atom. The first-order valence-corrected chi connectivity index (χ1v) is 7.63. The van der Waals surface area contributed by atoms with Crippen molar-refractivity contribution in [1.82, 2.24) is 19.9 Å². The second kappa shape index (κ2) is 5.85. The molecule has 1 aromatic carbocycles. The van der Waals surface area contributed by atoms with Crippen LogP contribution >= 0.6 is 0 Å². The number of nitrogens with zero attached hydrogens (tertiary/aromatic N) is 4. The van der Waals surface area contributed by atoms with Crippen molar-refractivity contribution in [2.45, 2.75) is 6.54 Å². The van der Waals surface area contributed by atoms with Crippen LogP contribution in [0.2, 0.25) is 0 Å².